The second-order valence-electron chi connectivity index (χ2n) is 11.4. The lowest BCUT2D eigenvalue weighted by Crippen LogP contribution is -2.41. The van der Waals surface area contributed by atoms with E-state index in [4.69, 9.17) is 0 Å². The van der Waals surface area contributed by atoms with Crippen molar-refractivity contribution >= 4 is 5.97 Å². The smallest absolute Gasteiger partial charge is 0.320 e. The van der Waals surface area contributed by atoms with E-state index < -0.39 is 17.8 Å². The summed E-state index contributed by atoms with van der Waals surface area (Å²) in [5, 5.41) is 9.97. The number of carboxylic acids is 1. The van der Waals surface area contributed by atoms with Crippen molar-refractivity contribution in [3.05, 3.63) is 59.7 Å². The summed E-state index contributed by atoms with van der Waals surface area (Å²) in [5.41, 5.74) is 0.987. The predicted octanol–water partition coefficient (Wildman–Crippen LogP) is 4.76. The van der Waals surface area contributed by atoms with Gasteiger partial charge in [0.15, 0.2) is 5.82 Å². The molecule has 0 unspecified atom stereocenters. The number of aliphatic carboxylic acids is 1. The van der Waals surface area contributed by atoms with E-state index in [0.717, 1.165) is 83.1 Å². The molecule has 1 aromatic carbocycles. The molecule has 37 heavy (non-hydrogen) atoms. The third-order valence-corrected chi connectivity index (χ3v) is 8.61. The maximum atomic E-state index is 14.1. The highest BCUT2D eigenvalue weighted by atomic mass is 19.1. The lowest BCUT2D eigenvalue weighted by Gasteiger charge is -2.35. The number of nitrogens with zero attached hydrogens (tertiary/aromatic N) is 4. The van der Waals surface area contributed by atoms with Gasteiger partial charge in [-0.1, -0.05) is 25.0 Å². The molecular weight excluding hydrogens is 474 g/mol. The van der Waals surface area contributed by atoms with Gasteiger partial charge in [0.05, 0.1) is 12.4 Å². The molecule has 1 aliphatic carbocycles. The summed E-state index contributed by atoms with van der Waals surface area (Å²) in [6, 6.07) is 6.44. The Morgan fingerprint density at radius 1 is 1.03 bits per heavy atom. The normalized spacial score (nSPS) is 24.4. The fraction of sp³-hybridized carbons (Fsp3) is 0.621. The highest BCUT2D eigenvalue weighted by Crippen LogP contribution is 2.39. The summed E-state index contributed by atoms with van der Waals surface area (Å²) < 4.78 is 27.1. The Kier molecular flexibility index (Phi) is 8.45. The molecule has 0 spiro atoms. The number of hydrogen-bond acceptors (Lipinski definition) is 5. The Balaban J connectivity index is 1.16. The average Bonchev–Trinajstić information content (AvgIpc) is 3.62. The molecule has 3 fully saturated rings. The Labute approximate surface area is 218 Å². The fourth-order valence-corrected chi connectivity index (χ4v) is 6.34. The minimum absolute atomic E-state index is 0.144. The minimum Gasteiger partial charge on any atom is -0.480 e. The molecule has 0 amide bonds. The number of aromatic nitrogens is 2. The van der Waals surface area contributed by atoms with Crippen LogP contribution in [0.15, 0.2) is 36.7 Å². The molecule has 1 saturated carbocycles. The van der Waals surface area contributed by atoms with Gasteiger partial charge in [0.1, 0.15) is 17.7 Å². The molecule has 3 aliphatic rings. The molecule has 200 valence electrons. The number of carboxylic acid groups (broad SMARTS) is 1. The van der Waals surface area contributed by atoms with Gasteiger partial charge in [-0.25, -0.2) is 18.7 Å². The summed E-state index contributed by atoms with van der Waals surface area (Å²) in [7, 11) is 0. The van der Waals surface area contributed by atoms with Crippen LogP contribution in [-0.2, 0) is 11.2 Å². The van der Waals surface area contributed by atoms with Crippen LogP contribution in [0.1, 0.15) is 62.3 Å². The van der Waals surface area contributed by atoms with Crippen LogP contribution < -0.4 is 0 Å². The Hall–Kier alpha value is -2.45. The highest BCUT2D eigenvalue weighted by Gasteiger charge is 2.42. The Morgan fingerprint density at radius 3 is 2.46 bits per heavy atom. The van der Waals surface area contributed by atoms with Crippen molar-refractivity contribution in [2.45, 2.75) is 63.3 Å². The molecule has 0 bridgehead atoms. The molecule has 3 heterocycles. The fourth-order valence-electron chi connectivity index (χ4n) is 6.34. The van der Waals surface area contributed by atoms with Gasteiger partial charge in [-0.05, 0) is 80.6 Å². The monoisotopic (exact) mass is 512 g/mol. The predicted molar refractivity (Wildman–Crippen MR) is 137 cm³/mol. The Morgan fingerprint density at radius 2 is 1.78 bits per heavy atom. The number of likely N-dealkylation sites (tertiary alicyclic amines) is 2. The zero-order chi connectivity index (χ0) is 25.8. The number of piperidine rings is 1. The van der Waals surface area contributed by atoms with Gasteiger partial charge in [0.25, 0.3) is 0 Å². The van der Waals surface area contributed by atoms with Crippen LogP contribution in [0.5, 0.6) is 0 Å². The lowest BCUT2D eigenvalue weighted by molar-refractivity contribution is -0.143. The van der Waals surface area contributed by atoms with Crippen molar-refractivity contribution in [1.29, 1.82) is 0 Å². The summed E-state index contributed by atoms with van der Waals surface area (Å²) >= 11 is 0. The first-order valence-corrected chi connectivity index (χ1v) is 13.9. The van der Waals surface area contributed by atoms with Crippen molar-refractivity contribution in [3.63, 3.8) is 0 Å². The van der Waals surface area contributed by atoms with Crippen LogP contribution in [0, 0.1) is 29.4 Å². The van der Waals surface area contributed by atoms with Gasteiger partial charge >= 0.3 is 5.97 Å². The van der Waals surface area contributed by atoms with Crippen molar-refractivity contribution in [2.75, 3.05) is 32.7 Å². The third kappa shape index (κ3) is 7.11. The zero-order valence-electron chi connectivity index (χ0n) is 21.4. The van der Waals surface area contributed by atoms with Crippen molar-refractivity contribution in [1.82, 2.24) is 19.8 Å². The van der Waals surface area contributed by atoms with Crippen LogP contribution >= 0.6 is 0 Å². The minimum atomic E-state index is -0.725. The Bertz CT molecular complexity index is 1040. The lowest BCUT2D eigenvalue weighted by atomic mass is 9.87. The molecule has 1 N–H and O–H groups in total. The SMILES string of the molecule is O=C(O)[C@@H](CC1CC1)N1C[C@H](CN2CCC(CCCc3ncc(F)cn3)CC2)[C@@H](c2cccc(F)c2)C1. The van der Waals surface area contributed by atoms with E-state index in [9.17, 15) is 18.7 Å². The summed E-state index contributed by atoms with van der Waals surface area (Å²) in [4.78, 5) is 24.9. The van der Waals surface area contributed by atoms with Gasteiger partial charge in [0.2, 0.25) is 0 Å². The number of rotatable bonds is 11. The van der Waals surface area contributed by atoms with Crippen LogP contribution in [0.3, 0.4) is 0 Å². The molecule has 2 aliphatic heterocycles. The summed E-state index contributed by atoms with van der Waals surface area (Å²) in [5.74, 6) is 0.996. The standard InChI is InChI=1S/C29H38F2N4O2/c30-24-5-2-4-22(14-24)26-19-35(27(29(36)37)13-21-7-8-21)18-23(26)17-34-11-9-20(10-12-34)3-1-6-28-32-15-25(31)16-33-28/h2,4-5,14-16,20-21,23,26-27H,1,3,6-13,17-19H2,(H,36,37)/t23-,26+,27+/m0/s1. The van der Waals surface area contributed by atoms with Crippen LogP contribution in [-0.4, -0.2) is 69.6 Å². The van der Waals surface area contributed by atoms with Crippen molar-refractivity contribution in [3.8, 4) is 0 Å². The van der Waals surface area contributed by atoms with E-state index in [1.165, 1.54) is 18.5 Å². The number of carbonyl (C=O) groups is 1. The quantitative estimate of drug-likeness (QED) is 0.468. The first-order valence-electron chi connectivity index (χ1n) is 13.9. The number of aryl methyl sites for hydroxylation is 1. The largest absolute Gasteiger partial charge is 0.480 e. The van der Waals surface area contributed by atoms with Crippen LogP contribution in [0.2, 0.25) is 0 Å². The maximum Gasteiger partial charge on any atom is 0.320 e. The molecule has 3 atom stereocenters. The van der Waals surface area contributed by atoms with Gasteiger partial charge in [-0.2, -0.15) is 0 Å². The number of halogens is 2. The molecule has 6 nitrogen and oxygen atoms in total. The van der Waals surface area contributed by atoms with Crippen LogP contribution in [0.4, 0.5) is 8.78 Å². The van der Waals surface area contributed by atoms with E-state index in [-0.39, 0.29) is 17.7 Å². The van der Waals surface area contributed by atoms with E-state index in [0.29, 0.717) is 24.2 Å². The van der Waals surface area contributed by atoms with Crippen molar-refractivity contribution in [2.24, 2.45) is 17.8 Å². The van der Waals surface area contributed by atoms with E-state index in [1.54, 1.807) is 12.1 Å². The number of benzene rings is 1. The van der Waals surface area contributed by atoms with Gasteiger partial charge in [-0.15, -0.1) is 0 Å². The van der Waals surface area contributed by atoms with Gasteiger partial charge < -0.3 is 10.0 Å². The average molecular weight is 513 g/mol. The molecule has 2 saturated heterocycles. The van der Waals surface area contributed by atoms with Crippen molar-refractivity contribution < 1.29 is 18.7 Å². The molecule has 2 aromatic rings. The number of hydrogen-bond donors (Lipinski definition) is 1. The topological polar surface area (TPSA) is 69.6 Å². The van der Waals surface area contributed by atoms with Crippen LogP contribution in [0.25, 0.3) is 0 Å². The second kappa shape index (κ2) is 11.9. The van der Waals surface area contributed by atoms with Gasteiger partial charge in [0, 0.05) is 32.0 Å². The summed E-state index contributed by atoms with van der Waals surface area (Å²) in [6.45, 7) is 4.43. The first kappa shape index (κ1) is 26.2. The zero-order valence-corrected chi connectivity index (χ0v) is 21.4. The molecular formula is C29H38F2N4O2. The molecule has 1 aromatic heterocycles. The van der Waals surface area contributed by atoms with E-state index >= 15 is 0 Å². The molecule has 8 heteroatoms. The maximum absolute atomic E-state index is 14.1. The molecule has 0 radical (unpaired) electrons. The highest BCUT2D eigenvalue weighted by molar-refractivity contribution is 5.73. The van der Waals surface area contributed by atoms with E-state index in [2.05, 4.69) is 19.8 Å². The molecule has 5 rings (SSSR count). The van der Waals surface area contributed by atoms with Gasteiger partial charge in [-0.3, -0.25) is 9.69 Å². The van der Waals surface area contributed by atoms with E-state index in [1.807, 2.05) is 6.07 Å². The summed E-state index contributed by atoms with van der Waals surface area (Å²) in [6.07, 6.45) is 10.7. The second-order valence-corrected chi connectivity index (χ2v) is 11.4. The first-order chi connectivity index (χ1) is 17.9. The third-order valence-electron chi connectivity index (χ3n) is 8.61.